The number of nitrogens with zero attached hydrogens (tertiary/aromatic N) is 3. The van der Waals surface area contributed by atoms with Crippen LogP contribution >= 0.6 is 0 Å². The zero-order valence-corrected chi connectivity index (χ0v) is 12.5. The van der Waals surface area contributed by atoms with Gasteiger partial charge in [0.25, 0.3) is 0 Å². The lowest BCUT2D eigenvalue weighted by molar-refractivity contribution is -0.128. The van der Waals surface area contributed by atoms with Crippen LogP contribution in [0.15, 0.2) is 28.2 Å². The van der Waals surface area contributed by atoms with Gasteiger partial charge < -0.3 is 26.8 Å². The molecule has 1 heterocycles. The van der Waals surface area contributed by atoms with Crippen molar-refractivity contribution >= 4 is 23.5 Å². The van der Waals surface area contributed by atoms with Crippen LogP contribution in [0.5, 0.6) is 5.75 Å². The highest BCUT2D eigenvalue weighted by Crippen LogP contribution is 2.27. The predicted molar refractivity (Wildman–Crippen MR) is 84.7 cm³/mol. The highest BCUT2D eigenvalue weighted by Gasteiger charge is 2.21. The van der Waals surface area contributed by atoms with Gasteiger partial charge in [-0.25, -0.2) is 4.99 Å². The van der Waals surface area contributed by atoms with E-state index in [4.69, 9.17) is 21.9 Å². The SMILES string of the molecule is COc1ccc(N=C(N)N=C(N)N)cc1CN1CCCC1=O. The van der Waals surface area contributed by atoms with Crippen molar-refractivity contribution in [2.75, 3.05) is 13.7 Å². The van der Waals surface area contributed by atoms with Gasteiger partial charge >= 0.3 is 0 Å². The summed E-state index contributed by atoms with van der Waals surface area (Å²) in [6.45, 7) is 1.24. The van der Waals surface area contributed by atoms with Gasteiger partial charge in [-0.05, 0) is 24.6 Å². The highest BCUT2D eigenvalue weighted by atomic mass is 16.5. The van der Waals surface area contributed by atoms with Crippen molar-refractivity contribution in [1.29, 1.82) is 0 Å². The van der Waals surface area contributed by atoms with E-state index in [0.29, 0.717) is 24.4 Å². The van der Waals surface area contributed by atoms with Crippen LogP contribution in [0.2, 0.25) is 0 Å². The molecule has 0 bridgehead atoms. The minimum absolute atomic E-state index is 0.0339. The maximum absolute atomic E-state index is 11.8. The normalized spacial score (nSPS) is 15.0. The average molecular weight is 304 g/mol. The molecule has 0 aliphatic carbocycles. The predicted octanol–water partition coefficient (Wildman–Crippen LogP) is 0.0372. The van der Waals surface area contributed by atoms with Crippen LogP contribution in [0.4, 0.5) is 5.69 Å². The first-order valence-corrected chi connectivity index (χ1v) is 6.88. The van der Waals surface area contributed by atoms with Crippen LogP contribution in [0.3, 0.4) is 0 Å². The number of likely N-dealkylation sites (tertiary alicyclic amines) is 1. The second kappa shape index (κ2) is 6.79. The molecule has 0 spiro atoms. The van der Waals surface area contributed by atoms with E-state index in [1.54, 1.807) is 30.2 Å². The molecule has 118 valence electrons. The lowest BCUT2D eigenvalue weighted by Gasteiger charge is -2.17. The van der Waals surface area contributed by atoms with Gasteiger partial charge in [-0.15, -0.1) is 0 Å². The summed E-state index contributed by atoms with van der Waals surface area (Å²) in [5.74, 6) is 0.654. The number of hydrogen-bond donors (Lipinski definition) is 3. The van der Waals surface area contributed by atoms with Crippen LogP contribution < -0.4 is 21.9 Å². The first-order chi connectivity index (χ1) is 10.5. The number of methoxy groups -OCH3 is 1. The van der Waals surface area contributed by atoms with Crippen LogP contribution in [0.25, 0.3) is 0 Å². The fourth-order valence-corrected chi connectivity index (χ4v) is 2.32. The van der Waals surface area contributed by atoms with Gasteiger partial charge in [0.1, 0.15) is 5.75 Å². The Bertz CT molecular complexity index is 622. The average Bonchev–Trinajstić information content (AvgIpc) is 2.84. The second-order valence-electron chi connectivity index (χ2n) is 4.92. The number of rotatable bonds is 4. The van der Waals surface area contributed by atoms with Gasteiger partial charge in [0.15, 0.2) is 5.96 Å². The molecule has 0 atom stereocenters. The van der Waals surface area contributed by atoms with E-state index in [9.17, 15) is 4.79 Å². The zero-order valence-electron chi connectivity index (χ0n) is 12.5. The summed E-state index contributed by atoms with van der Waals surface area (Å²) in [7, 11) is 1.58. The fourth-order valence-electron chi connectivity index (χ4n) is 2.32. The number of hydrogen-bond acceptors (Lipinski definition) is 3. The summed E-state index contributed by atoms with van der Waals surface area (Å²) in [6, 6.07) is 5.32. The molecule has 0 aromatic heterocycles. The second-order valence-corrected chi connectivity index (χ2v) is 4.92. The molecule has 1 saturated heterocycles. The largest absolute Gasteiger partial charge is 0.496 e. The Labute approximate surface area is 128 Å². The topological polar surface area (TPSA) is 132 Å². The standard InChI is InChI=1S/C14H20N6O2/c1-22-11-5-4-10(18-14(17)19-13(15)16)7-9(11)8-20-6-2-3-12(20)21/h4-5,7H,2-3,6,8H2,1H3,(H6,15,16,17,18,19). The van der Waals surface area contributed by atoms with Crippen molar-refractivity contribution < 1.29 is 9.53 Å². The molecule has 1 fully saturated rings. The Morgan fingerprint density at radius 1 is 1.36 bits per heavy atom. The number of benzene rings is 1. The summed E-state index contributed by atoms with van der Waals surface area (Å²) in [5, 5.41) is 0. The minimum Gasteiger partial charge on any atom is -0.496 e. The van der Waals surface area contributed by atoms with E-state index in [1.807, 2.05) is 0 Å². The molecule has 1 aliphatic heterocycles. The van der Waals surface area contributed by atoms with Crippen LogP contribution in [-0.2, 0) is 11.3 Å². The number of carbonyl (C=O) groups is 1. The summed E-state index contributed by atoms with van der Waals surface area (Å²) >= 11 is 0. The van der Waals surface area contributed by atoms with Crippen LogP contribution in [-0.4, -0.2) is 36.4 Å². The monoisotopic (exact) mass is 304 g/mol. The minimum atomic E-state index is -0.155. The molecule has 0 unspecified atom stereocenters. The molecule has 2 rings (SSSR count). The molecule has 6 N–H and O–H groups in total. The Morgan fingerprint density at radius 2 is 2.14 bits per heavy atom. The van der Waals surface area contributed by atoms with Crippen LogP contribution in [0.1, 0.15) is 18.4 Å². The van der Waals surface area contributed by atoms with Gasteiger partial charge in [0, 0.05) is 25.1 Å². The van der Waals surface area contributed by atoms with Crippen LogP contribution in [0, 0.1) is 0 Å². The van der Waals surface area contributed by atoms with E-state index < -0.39 is 0 Å². The lowest BCUT2D eigenvalue weighted by Crippen LogP contribution is -2.26. The van der Waals surface area contributed by atoms with E-state index in [0.717, 1.165) is 18.5 Å². The lowest BCUT2D eigenvalue weighted by atomic mass is 10.1. The van der Waals surface area contributed by atoms with Crippen molar-refractivity contribution in [3.05, 3.63) is 23.8 Å². The van der Waals surface area contributed by atoms with Gasteiger partial charge in [-0.3, -0.25) is 4.79 Å². The number of nitrogens with two attached hydrogens (primary N) is 3. The third kappa shape index (κ3) is 3.87. The van der Waals surface area contributed by atoms with Crippen molar-refractivity contribution in [1.82, 2.24) is 4.90 Å². The van der Waals surface area contributed by atoms with Gasteiger partial charge in [-0.1, -0.05) is 0 Å². The molecule has 1 aromatic rings. The Hall–Kier alpha value is -2.77. The van der Waals surface area contributed by atoms with Gasteiger partial charge in [-0.2, -0.15) is 4.99 Å². The quantitative estimate of drug-likeness (QED) is 0.533. The number of ether oxygens (including phenoxy) is 1. The van der Waals surface area contributed by atoms with E-state index >= 15 is 0 Å². The number of aliphatic imine (C=N–C) groups is 2. The van der Waals surface area contributed by atoms with E-state index in [1.165, 1.54) is 0 Å². The molecular weight excluding hydrogens is 284 g/mol. The summed E-state index contributed by atoms with van der Waals surface area (Å²) in [6.07, 6.45) is 1.48. The number of carbonyl (C=O) groups excluding carboxylic acids is 1. The fraction of sp³-hybridized carbons (Fsp3) is 0.357. The smallest absolute Gasteiger partial charge is 0.223 e. The Balaban J connectivity index is 2.26. The van der Waals surface area contributed by atoms with Gasteiger partial charge in [0.2, 0.25) is 11.9 Å². The molecular formula is C14H20N6O2. The third-order valence-corrected chi connectivity index (χ3v) is 3.28. The Morgan fingerprint density at radius 3 is 2.73 bits per heavy atom. The summed E-state index contributed by atoms with van der Waals surface area (Å²) < 4.78 is 5.33. The van der Waals surface area contributed by atoms with Crippen molar-refractivity contribution in [3.63, 3.8) is 0 Å². The number of amides is 1. The highest BCUT2D eigenvalue weighted by molar-refractivity contribution is 5.93. The first kappa shape index (κ1) is 15.6. The van der Waals surface area contributed by atoms with Crippen molar-refractivity contribution in [2.45, 2.75) is 19.4 Å². The van der Waals surface area contributed by atoms with Gasteiger partial charge in [0.05, 0.1) is 12.8 Å². The first-order valence-electron chi connectivity index (χ1n) is 6.88. The van der Waals surface area contributed by atoms with Crippen molar-refractivity contribution in [2.24, 2.45) is 27.2 Å². The maximum Gasteiger partial charge on any atom is 0.223 e. The third-order valence-electron chi connectivity index (χ3n) is 3.28. The number of guanidine groups is 2. The summed E-state index contributed by atoms with van der Waals surface area (Å²) in [5.41, 5.74) is 17.6. The van der Waals surface area contributed by atoms with E-state index in [2.05, 4.69) is 9.98 Å². The molecule has 0 radical (unpaired) electrons. The molecule has 1 aliphatic rings. The molecule has 8 nitrogen and oxygen atoms in total. The van der Waals surface area contributed by atoms with Crippen molar-refractivity contribution in [3.8, 4) is 5.75 Å². The maximum atomic E-state index is 11.8. The molecule has 1 amide bonds. The zero-order chi connectivity index (χ0) is 16.1. The molecule has 8 heteroatoms. The Kier molecular flexibility index (Phi) is 4.82. The molecule has 0 saturated carbocycles. The van der Waals surface area contributed by atoms with E-state index in [-0.39, 0.29) is 17.8 Å². The summed E-state index contributed by atoms with van der Waals surface area (Å²) in [4.78, 5) is 21.3. The molecule has 1 aromatic carbocycles. The molecule has 22 heavy (non-hydrogen) atoms.